The van der Waals surface area contributed by atoms with E-state index in [4.69, 9.17) is 23.6 Å². The number of ether oxygens (including phenoxy) is 3. The molecule has 40 heavy (non-hydrogen) atoms. The van der Waals surface area contributed by atoms with Gasteiger partial charge < -0.3 is 28.5 Å². The zero-order chi connectivity index (χ0) is 28.9. The van der Waals surface area contributed by atoms with Crippen LogP contribution in [-0.2, 0) is 26.9 Å². The molecule has 2 fully saturated rings. The van der Waals surface area contributed by atoms with Crippen molar-refractivity contribution >= 4 is 25.2 Å². The number of rotatable bonds is 9. The Morgan fingerprint density at radius 3 is 2.45 bits per heavy atom. The van der Waals surface area contributed by atoms with Gasteiger partial charge in [0.1, 0.15) is 29.6 Å². The van der Waals surface area contributed by atoms with Gasteiger partial charge >= 0.3 is 0 Å². The van der Waals surface area contributed by atoms with E-state index < -0.39 is 14.1 Å². The minimum absolute atomic E-state index is 0.0122. The van der Waals surface area contributed by atoms with Crippen LogP contribution in [0.2, 0.25) is 18.1 Å². The van der Waals surface area contributed by atoms with E-state index in [2.05, 4.69) is 74.0 Å². The highest BCUT2D eigenvalue weighted by Crippen LogP contribution is 2.49. The maximum Gasteiger partial charge on any atom is 0.191 e. The molecule has 3 aromatic rings. The molecule has 0 radical (unpaired) electrons. The standard InChI is InChI=1S/C31H46N4O4Si/c1-10-21-17-35(29-25(21)28(33-19-34-29)32-16-20-11-13-23(36-7)14-12-20)24-15-22(18-37-40(8,9)30(2,3)4)26-27(24)39-31(5,6)38-26/h11-14,17,19,22,24,26-27H,10,15-16,18H2,1-9H3,(H,32,33,34)/t22-,24-,26-,27+/m1/s1. The second kappa shape index (κ2) is 10.7. The third-order valence-electron chi connectivity index (χ3n) is 9.06. The van der Waals surface area contributed by atoms with Gasteiger partial charge in [-0.05, 0) is 68.1 Å². The lowest BCUT2D eigenvalue weighted by Gasteiger charge is -2.37. The summed E-state index contributed by atoms with van der Waals surface area (Å²) in [4.78, 5) is 9.46. The molecule has 3 heterocycles. The minimum Gasteiger partial charge on any atom is -0.497 e. The fourth-order valence-corrected chi connectivity index (χ4v) is 6.83. The fraction of sp³-hybridized carbons (Fsp3) is 0.613. The summed E-state index contributed by atoms with van der Waals surface area (Å²) in [6.45, 7) is 19.1. The van der Waals surface area contributed by atoms with Gasteiger partial charge in [0.15, 0.2) is 14.1 Å². The number of nitrogens with zero attached hydrogens (tertiary/aromatic N) is 3. The molecule has 0 amide bonds. The molecule has 1 saturated heterocycles. The van der Waals surface area contributed by atoms with E-state index in [9.17, 15) is 0 Å². The fourth-order valence-electron chi connectivity index (χ4n) is 5.77. The highest BCUT2D eigenvalue weighted by molar-refractivity contribution is 6.74. The third kappa shape index (κ3) is 5.53. The first-order valence-corrected chi connectivity index (χ1v) is 17.4. The third-order valence-corrected chi connectivity index (χ3v) is 13.6. The van der Waals surface area contributed by atoms with Gasteiger partial charge in [-0.2, -0.15) is 0 Å². The van der Waals surface area contributed by atoms with Crippen LogP contribution in [-0.4, -0.2) is 54.6 Å². The Morgan fingerprint density at radius 2 is 1.80 bits per heavy atom. The second-order valence-corrected chi connectivity index (χ2v) is 18.0. The van der Waals surface area contributed by atoms with Crippen LogP contribution in [0, 0.1) is 5.92 Å². The summed E-state index contributed by atoms with van der Waals surface area (Å²) < 4.78 is 27.4. The first-order chi connectivity index (χ1) is 18.8. The Bertz CT molecular complexity index is 1330. The zero-order valence-electron chi connectivity index (χ0n) is 25.6. The van der Waals surface area contributed by atoms with Crippen LogP contribution in [0.1, 0.15) is 65.1 Å². The lowest BCUT2D eigenvalue weighted by molar-refractivity contribution is -0.161. The van der Waals surface area contributed by atoms with Crippen LogP contribution < -0.4 is 10.1 Å². The predicted octanol–water partition coefficient (Wildman–Crippen LogP) is 6.72. The Hall–Kier alpha value is -2.46. The molecule has 2 aliphatic rings. The van der Waals surface area contributed by atoms with Crippen LogP contribution in [0.4, 0.5) is 5.82 Å². The van der Waals surface area contributed by atoms with Gasteiger partial charge in [0.25, 0.3) is 0 Å². The van der Waals surface area contributed by atoms with E-state index in [-0.39, 0.29) is 29.2 Å². The number of methoxy groups -OCH3 is 1. The highest BCUT2D eigenvalue weighted by Gasteiger charge is 2.55. The minimum atomic E-state index is -1.89. The van der Waals surface area contributed by atoms with Crippen molar-refractivity contribution in [3.8, 4) is 5.75 Å². The van der Waals surface area contributed by atoms with E-state index in [1.807, 2.05) is 26.0 Å². The van der Waals surface area contributed by atoms with Crippen LogP contribution in [0.3, 0.4) is 0 Å². The first kappa shape index (κ1) is 29.0. The van der Waals surface area contributed by atoms with E-state index in [0.29, 0.717) is 13.2 Å². The number of hydrogen-bond donors (Lipinski definition) is 1. The van der Waals surface area contributed by atoms with Crippen LogP contribution in [0.5, 0.6) is 5.75 Å². The summed E-state index contributed by atoms with van der Waals surface area (Å²) in [5, 5.41) is 4.80. The van der Waals surface area contributed by atoms with Gasteiger partial charge in [0.05, 0.1) is 24.6 Å². The normalized spacial score (nSPS) is 24.4. The zero-order valence-corrected chi connectivity index (χ0v) is 26.6. The number of nitrogens with one attached hydrogen (secondary N) is 1. The number of anilines is 1. The second-order valence-electron chi connectivity index (χ2n) is 13.2. The lowest BCUT2D eigenvalue weighted by atomic mass is 10.1. The molecule has 1 aliphatic carbocycles. The summed E-state index contributed by atoms with van der Waals surface area (Å²) in [5.74, 6) is 1.33. The molecule has 0 unspecified atom stereocenters. The summed E-state index contributed by atoms with van der Waals surface area (Å²) in [6.07, 6.45) is 5.65. The van der Waals surface area contributed by atoms with Crippen molar-refractivity contribution in [3.05, 3.63) is 47.9 Å². The maximum atomic E-state index is 6.71. The average molecular weight is 567 g/mol. The number of aryl methyl sites for hydroxylation is 1. The largest absolute Gasteiger partial charge is 0.497 e. The van der Waals surface area contributed by atoms with Crippen molar-refractivity contribution in [2.24, 2.45) is 5.92 Å². The van der Waals surface area contributed by atoms with Gasteiger partial charge in [-0.25, -0.2) is 9.97 Å². The van der Waals surface area contributed by atoms with E-state index in [1.165, 1.54) is 5.56 Å². The monoisotopic (exact) mass is 566 g/mol. The summed E-state index contributed by atoms with van der Waals surface area (Å²) in [6, 6.07) is 8.20. The smallest absolute Gasteiger partial charge is 0.191 e. The topological polar surface area (TPSA) is 79.7 Å². The molecule has 218 valence electrons. The molecule has 9 heteroatoms. The molecule has 5 rings (SSSR count). The van der Waals surface area contributed by atoms with Crippen LogP contribution in [0.25, 0.3) is 11.0 Å². The summed E-state index contributed by atoms with van der Waals surface area (Å²) >= 11 is 0. The van der Waals surface area contributed by atoms with E-state index in [0.717, 1.165) is 41.0 Å². The summed E-state index contributed by atoms with van der Waals surface area (Å²) in [7, 11) is -0.206. The number of hydrogen-bond acceptors (Lipinski definition) is 7. The van der Waals surface area contributed by atoms with Gasteiger partial charge in [0.2, 0.25) is 0 Å². The van der Waals surface area contributed by atoms with Crippen LogP contribution in [0.15, 0.2) is 36.8 Å². The quantitative estimate of drug-likeness (QED) is 0.288. The molecular weight excluding hydrogens is 520 g/mol. The molecule has 8 nitrogen and oxygen atoms in total. The molecule has 1 saturated carbocycles. The van der Waals surface area contributed by atoms with Crippen molar-refractivity contribution < 1.29 is 18.6 Å². The Kier molecular flexibility index (Phi) is 7.80. The van der Waals surface area contributed by atoms with Crippen molar-refractivity contribution in [3.63, 3.8) is 0 Å². The van der Waals surface area contributed by atoms with Crippen molar-refractivity contribution in [2.45, 2.75) is 103 Å². The maximum absolute atomic E-state index is 6.71. The Morgan fingerprint density at radius 1 is 1.10 bits per heavy atom. The van der Waals surface area contributed by atoms with Crippen LogP contribution >= 0.6 is 0 Å². The Balaban J connectivity index is 1.43. The number of benzene rings is 1. The lowest BCUT2D eigenvalue weighted by Crippen LogP contribution is -2.43. The van der Waals surface area contributed by atoms with Gasteiger partial charge in [-0.3, -0.25) is 0 Å². The number of fused-ring (bicyclic) bond motifs is 2. The Labute approximate surface area is 239 Å². The number of aromatic nitrogens is 3. The van der Waals surface area contributed by atoms with Gasteiger partial charge in [-0.1, -0.05) is 39.8 Å². The average Bonchev–Trinajstić information content (AvgIpc) is 3.54. The molecular formula is C31H46N4O4Si. The molecule has 1 aromatic carbocycles. The predicted molar refractivity (Wildman–Crippen MR) is 161 cm³/mol. The van der Waals surface area contributed by atoms with Crippen molar-refractivity contribution in [1.29, 1.82) is 0 Å². The molecule has 0 bridgehead atoms. The van der Waals surface area contributed by atoms with Gasteiger partial charge in [-0.15, -0.1) is 0 Å². The highest BCUT2D eigenvalue weighted by atomic mass is 28.4. The molecule has 2 aromatic heterocycles. The molecule has 0 spiro atoms. The molecule has 1 N–H and O–H groups in total. The van der Waals surface area contributed by atoms with Gasteiger partial charge in [0, 0.05) is 25.3 Å². The van der Waals surface area contributed by atoms with Crippen molar-refractivity contribution in [2.75, 3.05) is 19.0 Å². The molecule has 1 aliphatic heterocycles. The van der Waals surface area contributed by atoms with E-state index in [1.54, 1.807) is 13.4 Å². The SMILES string of the molecule is CCc1cn([C@@H]2C[C@H](CO[Si](C)(C)C(C)(C)C)[C@H]3OC(C)(C)O[C@H]32)c2ncnc(NCc3ccc(OC)cc3)c12. The van der Waals surface area contributed by atoms with E-state index >= 15 is 0 Å². The summed E-state index contributed by atoms with van der Waals surface area (Å²) in [5.41, 5.74) is 3.32. The van der Waals surface area contributed by atoms with Crippen molar-refractivity contribution in [1.82, 2.24) is 14.5 Å². The molecule has 4 atom stereocenters. The first-order valence-electron chi connectivity index (χ1n) is 14.5.